The number of oxime groups is 1. The SMILES string of the molecule is CSCC1CC(c2cc(C(F)(F)F)ccc2Cl)=NO1. The van der Waals surface area contributed by atoms with Gasteiger partial charge in [0, 0.05) is 22.8 Å². The normalized spacial score (nSPS) is 19.2. The first-order valence-corrected chi connectivity index (χ1v) is 7.27. The molecular formula is C12H11ClF3NOS. The van der Waals surface area contributed by atoms with Gasteiger partial charge in [0.05, 0.1) is 11.3 Å². The number of hydrogen-bond acceptors (Lipinski definition) is 3. The summed E-state index contributed by atoms with van der Waals surface area (Å²) in [6, 6.07) is 3.22. The topological polar surface area (TPSA) is 21.6 Å². The van der Waals surface area contributed by atoms with E-state index in [1.54, 1.807) is 11.8 Å². The lowest BCUT2D eigenvalue weighted by Gasteiger charge is -2.10. The molecule has 0 saturated heterocycles. The smallest absolute Gasteiger partial charge is 0.391 e. The molecule has 0 N–H and O–H groups in total. The Hall–Kier alpha value is -0.880. The summed E-state index contributed by atoms with van der Waals surface area (Å²) >= 11 is 7.54. The highest BCUT2D eigenvalue weighted by molar-refractivity contribution is 7.98. The van der Waals surface area contributed by atoms with E-state index >= 15 is 0 Å². The van der Waals surface area contributed by atoms with Crippen molar-refractivity contribution in [2.45, 2.75) is 18.7 Å². The second kappa shape index (κ2) is 5.63. The second-order valence-corrected chi connectivity index (χ2v) is 5.44. The van der Waals surface area contributed by atoms with Crippen LogP contribution < -0.4 is 0 Å². The van der Waals surface area contributed by atoms with Crippen molar-refractivity contribution < 1.29 is 18.0 Å². The van der Waals surface area contributed by atoms with E-state index in [0.29, 0.717) is 17.7 Å². The molecule has 0 bridgehead atoms. The van der Waals surface area contributed by atoms with Gasteiger partial charge in [-0.3, -0.25) is 0 Å². The van der Waals surface area contributed by atoms with Gasteiger partial charge in [0.1, 0.15) is 6.10 Å². The van der Waals surface area contributed by atoms with E-state index < -0.39 is 11.7 Å². The number of rotatable bonds is 3. The number of hydrogen-bond donors (Lipinski definition) is 0. The molecule has 0 saturated carbocycles. The summed E-state index contributed by atoms with van der Waals surface area (Å²) in [6.07, 6.45) is -2.09. The zero-order chi connectivity index (χ0) is 14.0. The van der Waals surface area contributed by atoms with Crippen LogP contribution in [0.15, 0.2) is 23.4 Å². The Labute approximate surface area is 118 Å². The Bertz CT molecular complexity index is 504. The Kier molecular flexibility index (Phi) is 4.30. The lowest BCUT2D eigenvalue weighted by Crippen LogP contribution is -2.12. The van der Waals surface area contributed by atoms with Crippen molar-refractivity contribution in [1.82, 2.24) is 0 Å². The average molecular weight is 310 g/mol. The number of benzene rings is 1. The lowest BCUT2D eigenvalue weighted by molar-refractivity contribution is -0.137. The van der Waals surface area contributed by atoms with E-state index in [-0.39, 0.29) is 11.1 Å². The van der Waals surface area contributed by atoms with Gasteiger partial charge < -0.3 is 4.84 Å². The highest BCUT2D eigenvalue weighted by Crippen LogP contribution is 2.33. The van der Waals surface area contributed by atoms with Gasteiger partial charge in [0.25, 0.3) is 0 Å². The Morgan fingerprint density at radius 2 is 2.21 bits per heavy atom. The van der Waals surface area contributed by atoms with Crippen LogP contribution in [0.3, 0.4) is 0 Å². The summed E-state index contributed by atoms with van der Waals surface area (Å²) in [7, 11) is 0. The fraction of sp³-hybridized carbons (Fsp3) is 0.417. The van der Waals surface area contributed by atoms with Crippen molar-refractivity contribution in [3.05, 3.63) is 34.3 Å². The fourth-order valence-corrected chi connectivity index (χ4v) is 2.56. The van der Waals surface area contributed by atoms with Crippen molar-refractivity contribution >= 4 is 29.1 Å². The monoisotopic (exact) mass is 309 g/mol. The van der Waals surface area contributed by atoms with Crippen LogP contribution >= 0.6 is 23.4 Å². The second-order valence-electron chi connectivity index (χ2n) is 4.12. The molecule has 0 amide bonds. The third-order valence-electron chi connectivity index (χ3n) is 2.69. The minimum absolute atomic E-state index is 0.101. The Morgan fingerprint density at radius 1 is 1.47 bits per heavy atom. The third-order valence-corrected chi connectivity index (χ3v) is 3.72. The van der Waals surface area contributed by atoms with Crippen LogP contribution in [-0.4, -0.2) is 23.8 Å². The first-order valence-electron chi connectivity index (χ1n) is 5.50. The van der Waals surface area contributed by atoms with Crippen LogP contribution in [0, 0.1) is 0 Å². The van der Waals surface area contributed by atoms with Gasteiger partial charge in [-0.25, -0.2) is 0 Å². The molecule has 1 unspecified atom stereocenters. The van der Waals surface area contributed by atoms with E-state index in [2.05, 4.69) is 5.16 Å². The largest absolute Gasteiger partial charge is 0.416 e. The predicted octanol–water partition coefficient (Wildman–Crippen LogP) is 4.21. The summed E-state index contributed by atoms with van der Waals surface area (Å²) in [5.74, 6) is 0.740. The number of thioether (sulfide) groups is 1. The van der Waals surface area contributed by atoms with E-state index in [1.807, 2.05) is 6.26 Å². The molecule has 1 aromatic carbocycles. The highest BCUT2D eigenvalue weighted by atomic mass is 35.5. The maximum absolute atomic E-state index is 12.7. The van der Waals surface area contributed by atoms with Crippen LogP contribution in [0.25, 0.3) is 0 Å². The van der Waals surface area contributed by atoms with Crippen LogP contribution in [0.5, 0.6) is 0 Å². The molecular weight excluding hydrogens is 299 g/mol. The Morgan fingerprint density at radius 3 is 2.84 bits per heavy atom. The van der Waals surface area contributed by atoms with Crippen molar-refractivity contribution in [2.75, 3.05) is 12.0 Å². The van der Waals surface area contributed by atoms with E-state index in [0.717, 1.165) is 17.9 Å². The number of nitrogens with zero attached hydrogens (tertiary/aromatic N) is 1. The summed E-state index contributed by atoms with van der Waals surface area (Å²) in [6.45, 7) is 0. The molecule has 19 heavy (non-hydrogen) atoms. The maximum Gasteiger partial charge on any atom is 0.416 e. The van der Waals surface area contributed by atoms with Crippen molar-refractivity contribution in [3.63, 3.8) is 0 Å². The molecule has 1 heterocycles. The predicted molar refractivity (Wildman–Crippen MR) is 70.9 cm³/mol. The van der Waals surface area contributed by atoms with Crippen LogP contribution in [0.2, 0.25) is 5.02 Å². The number of alkyl halides is 3. The zero-order valence-corrected chi connectivity index (χ0v) is 11.6. The molecule has 1 aliphatic heterocycles. The quantitative estimate of drug-likeness (QED) is 0.834. The molecule has 0 spiro atoms. The third kappa shape index (κ3) is 3.36. The van der Waals surface area contributed by atoms with E-state index in [4.69, 9.17) is 16.4 Å². The standard InChI is InChI=1S/C12H11ClF3NOS/c1-19-6-8-5-11(17-18-8)9-4-7(12(14,15)16)2-3-10(9)13/h2-4,8H,5-6H2,1H3. The minimum Gasteiger partial charge on any atom is -0.391 e. The van der Waals surface area contributed by atoms with E-state index in [1.165, 1.54) is 6.07 Å². The molecule has 7 heteroatoms. The fourth-order valence-electron chi connectivity index (χ4n) is 1.79. The van der Waals surface area contributed by atoms with Gasteiger partial charge >= 0.3 is 6.18 Å². The first kappa shape index (κ1) is 14.5. The summed E-state index contributed by atoms with van der Waals surface area (Å²) in [5, 5.41) is 4.09. The van der Waals surface area contributed by atoms with Gasteiger partial charge in [0.2, 0.25) is 0 Å². The molecule has 0 aliphatic carbocycles. The van der Waals surface area contributed by atoms with Gasteiger partial charge in [-0.05, 0) is 24.5 Å². The zero-order valence-electron chi connectivity index (χ0n) is 10.00. The highest BCUT2D eigenvalue weighted by Gasteiger charge is 2.32. The van der Waals surface area contributed by atoms with Crippen molar-refractivity contribution in [3.8, 4) is 0 Å². The molecule has 1 aliphatic rings. The van der Waals surface area contributed by atoms with Crippen LogP contribution in [0.1, 0.15) is 17.5 Å². The van der Waals surface area contributed by atoms with Gasteiger partial charge in [0.15, 0.2) is 0 Å². The lowest BCUT2D eigenvalue weighted by atomic mass is 10.0. The first-order chi connectivity index (χ1) is 8.91. The van der Waals surface area contributed by atoms with Crippen LogP contribution in [0.4, 0.5) is 13.2 Å². The average Bonchev–Trinajstić information content (AvgIpc) is 2.77. The molecule has 0 radical (unpaired) electrons. The van der Waals surface area contributed by atoms with E-state index in [9.17, 15) is 13.2 Å². The molecule has 1 atom stereocenters. The van der Waals surface area contributed by atoms with Crippen LogP contribution in [-0.2, 0) is 11.0 Å². The molecule has 2 rings (SSSR count). The summed E-state index contributed by atoms with van der Waals surface area (Å²) in [5.41, 5.74) is 0.0261. The Balaban J connectivity index is 2.26. The minimum atomic E-state index is -4.39. The molecule has 2 nitrogen and oxygen atoms in total. The van der Waals surface area contributed by atoms with Gasteiger partial charge in [-0.2, -0.15) is 24.9 Å². The van der Waals surface area contributed by atoms with Gasteiger partial charge in [-0.1, -0.05) is 16.8 Å². The molecule has 104 valence electrons. The molecule has 0 fully saturated rings. The summed E-state index contributed by atoms with van der Waals surface area (Å²) < 4.78 is 38.0. The van der Waals surface area contributed by atoms with Gasteiger partial charge in [-0.15, -0.1) is 0 Å². The van der Waals surface area contributed by atoms with Crippen molar-refractivity contribution in [2.24, 2.45) is 5.16 Å². The number of halogens is 4. The molecule has 1 aromatic rings. The van der Waals surface area contributed by atoms with Crippen molar-refractivity contribution in [1.29, 1.82) is 0 Å². The summed E-state index contributed by atoms with van der Waals surface area (Å²) in [4.78, 5) is 5.17. The molecule has 0 aromatic heterocycles. The maximum atomic E-state index is 12.7.